The van der Waals surface area contributed by atoms with E-state index in [0.29, 0.717) is 35.7 Å². The molecule has 2 atom stereocenters. The van der Waals surface area contributed by atoms with Crippen molar-refractivity contribution < 1.29 is 23.1 Å². The van der Waals surface area contributed by atoms with Crippen molar-refractivity contribution in [2.24, 2.45) is 11.3 Å². The second kappa shape index (κ2) is 11.4. The average Bonchev–Trinajstić information content (AvgIpc) is 3.37. The molecular weight excluding hydrogens is 564 g/mol. The molecule has 3 aromatic carbocycles. The summed E-state index contributed by atoms with van der Waals surface area (Å²) in [6.45, 7) is 12.6. The van der Waals surface area contributed by atoms with Crippen molar-refractivity contribution in [3.8, 4) is 5.75 Å². The van der Waals surface area contributed by atoms with E-state index in [1.165, 1.54) is 0 Å². The molecule has 1 N–H and O–H groups in total. The van der Waals surface area contributed by atoms with Gasteiger partial charge in [0.25, 0.3) is 0 Å². The van der Waals surface area contributed by atoms with Gasteiger partial charge >= 0.3 is 5.97 Å². The summed E-state index contributed by atoms with van der Waals surface area (Å²) in [5, 5.41) is 19.2. The fourth-order valence-corrected chi connectivity index (χ4v) is 8.15. The first-order chi connectivity index (χ1) is 20.3. The summed E-state index contributed by atoms with van der Waals surface area (Å²) in [5.74, 6) is -0.825. The zero-order chi connectivity index (χ0) is 31.3. The van der Waals surface area contributed by atoms with E-state index < -0.39 is 27.3 Å². The van der Waals surface area contributed by atoms with Crippen molar-refractivity contribution in [2.45, 2.75) is 71.9 Å². The van der Waals surface area contributed by atoms with Crippen LogP contribution >= 0.6 is 0 Å². The van der Waals surface area contributed by atoms with Crippen molar-refractivity contribution >= 4 is 27.0 Å². The summed E-state index contributed by atoms with van der Waals surface area (Å²) in [7, 11) is -2.14. The van der Waals surface area contributed by atoms with Gasteiger partial charge in [-0.1, -0.05) is 48.5 Å². The summed E-state index contributed by atoms with van der Waals surface area (Å²) in [4.78, 5) is 13.1. The molecule has 228 valence electrons. The highest BCUT2D eigenvalue weighted by molar-refractivity contribution is 7.89. The van der Waals surface area contributed by atoms with Crippen LogP contribution in [0.2, 0.25) is 0 Å². The third kappa shape index (κ3) is 5.31. The third-order valence-corrected chi connectivity index (χ3v) is 10.8. The van der Waals surface area contributed by atoms with E-state index in [-0.39, 0.29) is 12.5 Å². The molecule has 4 aromatic rings. The van der Waals surface area contributed by atoms with Crippen molar-refractivity contribution in [3.05, 3.63) is 81.9 Å². The number of ether oxygens (including phenoxy) is 1. The Balaban J connectivity index is 1.66. The molecule has 0 fully saturated rings. The maximum atomic E-state index is 13.9. The van der Waals surface area contributed by atoms with E-state index in [1.807, 2.05) is 57.2 Å². The van der Waals surface area contributed by atoms with Gasteiger partial charge in [-0.2, -0.15) is 4.31 Å². The minimum absolute atomic E-state index is 0.138. The van der Waals surface area contributed by atoms with Crippen LogP contribution in [0, 0.1) is 25.2 Å². The van der Waals surface area contributed by atoms with E-state index in [0.717, 1.165) is 38.9 Å². The van der Waals surface area contributed by atoms with E-state index in [1.54, 1.807) is 42.1 Å². The number of methoxy groups -OCH3 is 1. The van der Waals surface area contributed by atoms with Gasteiger partial charge in [0.1, 0.15) is 16.8 Å². The minimum Gasteiger partial charge on any atom is -0.494 e. The lowest BCUT2D eigenvalue weighted by Gasteiger charge is -2.33. The number of hydrogen-bond acceptors (Lipinski definition) is 6. The predicted octanol–water partition coefficient (Wildman–Crippen LogP) is 5.70. The lowest BCUT2D eigenvalue weighted by Crippen LogP contribution is -2.34. The quantitative estimate of drug-likeness (QED) is 0.274. The topological polar surface area (TPSA) is 115 Å². The number of aliphatic carboxylic acids is 1. The van der Waals surface area contributed by atoms with E-state index in [4.69, 9.17) is 4.74 Å². The van der Waals surface area contributed by atoms with Gasteiger partial charge in [0.15, 0.2) is 0 Å². The number of sulfonamides is 1. The van der Waals surface area contributed by atoms with Crippen molar-refractivity contribution in [1.82, 2.24) is 19.3 Å². The molecule has 0 saturated carbocycles. The van der Waals surface area contributed by atoms with E-state index >= 15 is 0 Å². The van der Waals surface area contributed by atoms with Crippen molar-refractivity contribution in [1.29, 1.82) is 0 Å². The fourth-order valence-electron chi connectivity index (χ4n) is 6.38. The van der Waals surface area contributed by atoms with E-state index in [9.17, 15) is 18.3 Å². The molecule has 1 aliphatic heterocycles. The number of nitrogens with zero attached hydrogens (tertiary/aromatic N) is 4. The van der Waals surface area contributed by atoms with Gasteiger partial charge < -0.3 is 9.84 Å². The highest BCUT2D eigenvalue weighted by Gasteiger charge is 2.41. The number of rotatable bonds is 8. The largest absolute Gasteiger partial charge is 0.494 e. The number of aromatic nitrogens is 3. The average molecular weight is 605 g/mol. The molecule has 2 heterocycles. The first-order valence-corrected chi connectivity index (χ1v) is 16.1. The minimum atomic E-state index is -3.73. The Kier molecular flexibility index (Phi) is 8.13. The molecule has 1 aliphatic rings. The van der Waals surface area contributed by atoms with Crippen molar-refractivity contribution in [2.75, 3.05) is 13.7 Å². The Bertz CT molecular complexity index is 1810. The molecule has 0 amide bonds. The normalized spacial score (nSPS) is 17.8. The van der Waals surface area contributed by atoms with Crippen LogP contribution in [0.4, 0.5) is 0 Å². The zero-order valence-corrected chi connectivity index (χ0v) is 26.7. The smallest absolute Gasteiger partial charge is 0.310 e. The lowest BCUT2D eigenvalue weighted by atomic mass is 9.69. The standard InChI is InChI=1S/C33H40N4O5S/c1-8-37-31-27(42-7)17-26(22(4)30(31)34-35-37)29(33(5,6)32(38)39)24-14-13-21(3)25(16-24)19-36-18-20(2)15-23-11-9-10-12-28(23)43(36,40)41/h9-14,16-17,20,29H,8,15,18-19H2,1-7H3,(H,38,39)/t20-,29+/m1/s1. The summed E-state index contributed by atoms with van der Waals surface area (Å²) < 4.78 is 36.8. The Morgan fingerprint density at radius 3 is 2.56 bits per heavy atom. The Morgan fingerprint density at radius 1 is 1.16 bits per heavy atom. The lowest BCUT2D eigenvalue weighted by molar-refractivity contribution is -0.147. The second-order valence-corrected chi connectivity index (χ2v) is 14.2. The van der Waals surface area contributed by atoms with Gasteiger partial charge in [-0.25, -0.2) is 13.1 Å². The van der Waals surface area contributed by atoms with Crippen LogP contribution < -0.4 is 4.74 Å². The van der Waals surface area contributed by atoms with Crippen LogP contribution in [0.3, 0.4) is 0 Å². The first kappa shape index (κ1) is 30.7. The Labute approximate surface area is 253 Å². The summed E-state index contributed by atoms with van der Waals surface area (Å²) in [6.07, 6.45) is 0.687. The molecule has 0 radical (unpaired) electrons. The van der Waals surface area contributed by atoms with Crippen LogP contribution in [0.25, 0.3) is 11.0 Å². The highest BCUT2D eigenvalue weighted by atomic mass is 32.2. The SMILES string of the molecule is CCn1nnc2c(C)c([C@H](c3ccc(C)c(CN4C[C@H](C)Cc5ccccc5S4(=O)=O)c3)C(C)(C)C(=O)O)cc(OC)c21. The van der Waals surface area contributed by atoms with Crippen molar-refractivity contribution in [3.63, 3.8) is 0 Å². The molecule has 9 nitrogen and oxygen atoms in total. The molecule has 0 saturated heterocycles. The maximum absolute atomic E-state index is 13.9. The maximum Gasteiger partial charge on any atom is 0.310 e. The van der Waals surface area contributed by atoms with Crippen LogP contribution in [-0.2, 0) is 34.3 Å². The number of carboxylic acid groups (broad SMARTS) is 1. The van der Waals surface area contributed by atoms with E-state index in [2.05, 4.69) is 17.2 Å². The summed E-state index contributed by atoms with van der Waals surface area (Å²) in [6, 6.07) is 15.0. The number of hydrogen-bond donors (Lipinski definition) is 1. The van der Waals surface area contributed by atoms with Crippen LogP contribution in [-0.4, -0.2) is 52.4 Å². The molecule has 5 rings (SSSR count). The van der Waals surface area contributed by atoms with Crippen LogP contribution in [0.1, 0.15) is 67.0 Å². The van der Waals surface area contributed by atoms with Crippen LogP contribution in [0.5, 0.6) is 5.75 Å². The summed E-state index contributed by atoms with van der Waals surface area (Å²) >= 11 is 0. The zero-order valence-electron chi connectivity index (χ0n) is 25.9. The molecule has 0 spiro atoms. The molecule has 43 heavy (non-hydrogen) atoms. The number of benzene rings is 3. The molecule has 0 bridgehead atoms. The fraction of sp³-hybridized carbons (Fsp3) is 0.424. The molecule has 10 heteroatoms. The van der Waals surface area contributed by atoms with Gasteiger partial charge in [-0.15, -0.1) is 5.10 Å². The number of carboxylic acids is 1. The highest BCUT2D eigenvalue weighted by Crippen LogP contribution is 2.46. The third-order valence-electron chi connectivity index (χ3n) is 8.87. The number of carbonyl (C=O) groups is 1. The number of fused-ring (bicyclic) bond motifs is 2. The van der Waals surface area contributed by atoms with Gasteiger partial charge in [0, 0.05) is 25.6 Å². The predicted molar refractivity (Wildman–Crippen MR) is 166 cm³/mol. The van der Waals surface area contributed by atoms with Gasteiger partial charge in [0.2, 0.25) is 10.0 Å². The van der Waals surface area contributed by atoms with Gasteiger partial charge in [-0.05, 0) is 92.5 Å². The monoisotopic (exact) mass is 604 g/mol. The molecule has 0 unspecified atom stereocenters. The van der Waals surface area contributed by atoms with Gasteiger partial charge in [-0.3, -0.25) is 4.79 Å². The Hall–Kier alpha value is -3.76. The molecule has 1 aromatic heterocycles. The summed E-state index contributed by atoms with van der Waals surface area (Å²) in [5.41, 5.74) is 5.21. The van der Waals surface area contributed by atoms with Gasteiger partial charge in [0.05, 0.1) is 17.4 Å². The molecule has 0 aliphatic carbocycles. The Morgan fingerprint density at radius 2 is 1.88 bits per heavy atom. The first-order valence-electron chi connectivity index (χ1n) is 14.6. The molecular formula is C33H40N4O5S. The van der Waals surface area contributed by atoms with Crippen LogP contribution in [0.15, 0.2) is 53.4 Å². The number of aryl methyl sites for hydroxylation is 3. The second-order valence-electron chi connectivity index (χ2n) is 12.3.